The van der Waals surface area contributed by atoms with Gasteiger partial charge in [-0.25, -0.2) is 14.6 Å². The number of aromatic nitrogens is 4. The molecule has 3 N–H and O–H groups in total. The van der Waals surface area contributed by atoms with Crippen molar-refractivity contribution in [2.45, 2.75) is 18.9 Å². The maximum absolute atomic E-state index is 6.15. The first-order chi connectivity index (χ1) is 11.8. The summed E-state index contributed by atoms with van der Waals surface area (Å²) in [5.41, 5.74) is 8.73. The first-order valence-electron chi connectivity index (χ1n) is 8.12. The summed E-state index contributed by atoms with van der Waals surface area (Å²) in [7, 11) is 1.65. The lowest BCUT2D eigenvalue weighted by molar-refractivity contribution is 0.354. The minimum absolute atomic E-state index is 0.280. The lowest BCUT2D eigenvalue weighted by Crippen LogP contribution is -2.32. The Morgan fingerprint density at radius 2 is 2.08 bits per heavy atom. The van der Waals surface area contributed by atoms with Crippen LogP contribution in [-0.2, 0) is 0 Å². The predicted octanol–water partition coefficient (Wildman–Crippen LogP) is 2.01. The molecular weight excluding hydrogens is 304 g/mol. The van der Waals surface area contributed by atoms with Gasteiger partial charge >= 0.3 is 0 Å². The Morgan fingerprint density at radius 3 is 2.79 bits per heavy atom. The third-order valence-electron chi connectivity index (χ3n) is 4.50. The average Bonchev–Trinajstić information content (AvgIpc) is 3.04. The fourth-order valence-corrected chi connectivity index (χ4v) is 3.24. The van der Waals surface area contributed by atoms with Crippen LogP contribution >= 0.6 is 0 Å². The van der Waals surface area contributed by atoms with Crippen molar-refractivity contribution in [2.24, 2.45) is 0 Å². The molecule has 24 heavy (non-hydrogen) atoms. The fourth-order valence-electron chi connectivity index (χ4n) is 3.24. The molecule has 1 atom stereocenters. The minimum atomic E-state index is 0.280. The van der Waals surface area contributed by atoms with Crippen LogP contribution in [0.4, 0.5) is 5.82 Å². The van der Waals surface area contributed by atoms with Crippen LogP contribution in [0.5, 0.6) is 5.75 Å². The quantitative estimate of drug-likeness (QED) is 0.766. The molecule has 1 aliphatic rings. The first kappa shape index (κ1) is 14.9. The molecule has 7 heteroatoms. The number of rotatable bonds is 3. The van der Waals surface area contributed by atoms with Gasteiger partial charge in [-0.2, -0.15) is 5.10 Å². The molecule has 0 spiro atoms. The molecule has 1 aromatic carbocycles. The molecule has 7 nitrogen and oxygen atoms in total. The largest absolute Gasteiger partial charge is 0.497 e. The molecule has 0 saturated carbocycles. The van der Waals surface area contributed by atoms with Gasteiger partial charge in [-0.3, -0.25) is 0 Å². The van der Waals surface area contributed by atoms with Gasteiger partial charge in [0.15, 0.2) is 5.65 Å². The Balaban J connectivity index is 1.87. The van der Waals surface area contributed by atoms with Gasteiger partial charge in [0, 0.05) is 12.1 Å². The summed E-state index contributed by atoms with van der Waals surface area (Å²) in [4.78, 5) is 8.61. The van der Waals surface area contributed by atoms with E-state index in [0.717, 1.165) is 54.0 Å². The van der Waals surface area contributed by atoms with E-state index in [4.69, 9.17) is 15.6 Å². The van der Waals surface area contributed by atoms with Crippen LogP contribution in [0.1, 0.15) is 18.9 Å². The highest BCUT2D eigenvalue weighted by atomic mass is 16.5. The smallest absolute Gasteiger partial charge is 0.164 e. The molecule has 0 amide bonds. The van der Waals surface area contributed by atoms with Crippen LogP contribution in [0.15, 0.2) is 30.6 Å². The summed E-state index contributed by atoms with van der Waals surface area (Å²) in [5.74, 6) is 1.27. The van der Waals surface area contributed by atoms with Crippen LogP contribution in [0.3, 0.4) is 0 Å². The van der Waals surface area contributed by atoms with E-state index in [1.54, 1.807) is 7.11 Å². The van der Waals surface area contributed by atoms with E-state index >= 15 is 0 Å². The van der Waals surface area contributed by atoms with E-state index < -0.39 is 0 Å². The number of ether oxygens (including phenoxy) is 1. The van der Waals surface area contributed by atoms with Crippen LogP contribution in [0.25, 0.3) is 22.3 Å². The molecule has 124 valence electrons. The van der Waals surface area contributed by atoms with Crippen molar-refractivity contribution in [3.8, 4) is 17.0 Å². The van der Waals surface area contributed by atoms with Gasteiger partial charge in [0.05, 0.1) is 18.5 Å². The number of hydrogen-bond acceptors (Lipinski definition) is 6. The molecule has 0 radical (unpaired) electrons. The topological polar surface area (TPSA) is 90.9 Å². The van der Waals surface area contributed by atoms with Gasteiger partial charge in [0.2, 0.25) is 0 Å². The number of hydrogen-bond donors (Lipinski definition) is 2. The lowest BCUT2D eigenvalue weighted by Gasteiger charge is -2.23. The Bertz CT molecular complexity index is 851. The van der Waals surface area contributed by atoms with Crippen molar-refractivity contribution < 1.29 is 4.74 Å². The Kier molecular flexibility index (Phi) is 3.78. The van der Waals surface area contributed by atoms with Crippen molar-refractivity contribution in [2.75, 3.05) is 25.9 Å². The summed E-state index contributed by atoms with van der Waals surface area (Å²) in [5, 5.41) is 9.09. The molecule has 2 aromatic heterocycles. The number of anilines is 1. The van der Waals surface area contributed by atoms with Crippen LogP contribution in [0, 0.1) is 0 Å². The Labute approximate surface area is 139 Å². The van der Waals surface area contributed by atoms with Gasteiger partial charge in [0.1, 0.15) is 23.6 Å². The number of nitrogens with two attached hydrogens (primary N) is 1. The van der Waals surface area contributed by atoms with Crippen molar-refractivity contribution in [1.82, 2.24) is 25.1 Å². The van der Waals surface area contributed by atoms with E-state index in [-0.39, 0.29) is 6.04 Å². The van der Waals surface area contributed by atoms with Crippen molar-refractivity contribution >= 4 is 16.9 Å². The zero-order chi connectivity index (χ0) is 16.5. The van der Waals surface area contributed by atoms with Crippen LogP contribution in [-0.4, -0.2) is 39.9 Å². The summed E-state index contributed by atoms with van der Waals surface area (Å²) in [6, 6.07) is 8.08. The second-order valence-corrected chi connectivity index (χ2v) is 5.98. The summed E-state index contributed by atoms with van der Waals surface area (Å²) in [6.45, 7) is 1.95. The highest BCUT2D eigenvalue weighted by molar-refractivity contribution is 5.98. The Hall–Kier alpha value is -2.67. The molecule has 0 aliphatic carbocycles. The number of piperidine rings is 1. The van der Waals surface area contributed by atoms with Gasteiger partial charge in [-0.15, -0.1) is 0 Å². The van der Waals surface area contributed by atoms with E-state index in [9.17, 15) is 0 Å². The lowest BCUT2D eigenvalue weighted by atomic mass is 10.1. The fraction of sp³-hybridized carbons (Fsp3) is 0.353. The molecule has 0 unspecified atom stereocenters. The van der Waals surface area contributed by atoms with E-state index in [1.165, 1.54) is 6.33 Å². The van der Waals surface area contributed by atoms with Crippen LogP contribution in [0.2, 0.25) is 0 Å². The molecular formula is C17H20N6O. The molecule has 1 fully saturated rings. The number of nitrogens with one attached hydrogen (secondary N) is 1. The standard InChI is InChI=1S/C17H20N6O/c1-24-13-6-4-11(5-7-13)15-14-16(18)20-10-21-17(14)23(22-15)12-3-2-8-19-9-12/h4-7,10,12,19H,2-3,8-9H2,1H3,(H2,18,20,21)/t12-/m1/s1. The summed E-state index contributed by atoms with van der Waals surface area (Å²) in [6.07, 6.45) is 3.71. The van der Waals surface area contributed by atoms with E-state index in [2.05, 4.69) is 15.3 Å². The maximum Gasteiger partial charge on any atom is 0.164 e. The summed E-state index contributed by atoms with van der Waals surface area (Å²) >= 11 is 0. The van der Waals surface area contributed by atoms with Crippen molar-refractivity contribution in [3.05, 3.63) is 30.6 Å². The van der Waals surface area contributed by atoms with Gasteiger partial charge in [-0.05, 0) is 43.7 Å². The third kappa shape index (κ3) is 2.46. The predicted molar refractivity (Wildman–Crippen MR) is 92.9 cm³/mol. The van der Waals surface area contributed by atoms with Crippen molar-refractivity contribution in [1.29, 1.82) is 0 Å². The number of nitrogens with zero attached hydrogens (tertiary/aromatic N) is 4. The SMILES string of the molecule is COc1ccc(-c2nn([C@@H]3CCCNC3)c3ncnc(N)c23)cc1. The normalized spacial score (nSPS) is 18.0. The number of fused-ring (bicyclic) bond motifs is 1. The highest BCUT2D eigenvalue weighted by Crippen LogP contribution is 2.33. The molecule has 1 aliphatic heterocycles. The second-order valence-electron chi connectivity index (χ2n) is 5.98. The minimum Gasteiger partial charge on any atom is -0.497 e. The first-order valence-corrected chi connectivity index (χ1v) is 8.12. The number of methoxy groups -OCH3 is 1. The average molecular weight is 324 g/mol. The number of benzene rings is 1. The molecule has 4 rings (SSSR count). The van der Waals surface area contributed by atoms with Gasteiger partial charge < -0.3 is 15.8 Å². The summed E-state index contributed by atoms with van der Waals surface area (Å²) < 4.78 is 7.23. The molecule has 3 aromatic rings. The zero-order valence-corrected chi connectivity index (χ0v) is 13.6. The zero-order valence-electron chi connectivity index (χ0n) is 13.6. The van der Waals surface area contributed by atoms with Gasteiger partial charge in [-0.1, -0.05) is 0 Å². The molecule has 0 bridgehead atoms. The van der Waals surface area contributed by atoms with Crippen molar-refractivity contribution in [3.63, 3.8) is 0 Å². The second kappa shape index (κ2) is 6.09. The molecule has 3 heterocycles. The van der Waals surface area contributed by atoms with Crippen LogP contribution < -0.4 is 15.8 Å². The Morgan fingerprint density at radius 1 is 1.25 bits per heavy atom. The number of nitrogen functional groups attached to an aromatic ring is 1. The maximum atomic E-state index is 6.15. The van der Waals surface area contributed by atoms with E-state index in [0.29, 0.717) is 5.82 Å². The van der Waals surface area contributed by atoms with Gasteiger partial charge in [0.25, 0.3) is 0 Å². The monoisotopic (exact) mass is 324 g/mol. The highest BCUT2D eigenvalue weighted by Gasteiger charge is 2.23. The molecule has 1 saturated heterocycles. The van der Waals surface area contributed by atoms with E-state index in [1.807, 2.05) is 28.9 Å². The third-order valence-corrected chi connectivity index (χ3v) is 4.50.